The third-order valence-corrected chi connectivity index (χ3v) is 6.47. The van der Waals surface area contributed by atoms with Crippen LogP contribution in [-0.2, 0) is 5.75 Å². The molecule has 0 bridgehead atoms. The Morgan fingerprint density at radius 1 is 0.919 bits per heavy atom. The lowest BCUT2D eigenvalue weighted by atomic mass is 10.0. The van der Waals surface area contributed by atoms with Crippen LogP contribution in [0.4, 0.5) is 10.1 Å². The maximum Gasteiger partial charge on any atom is 0.278 e. The monoisotopic (exact) mass is 510 g/mol. The van der Waals surface area contributed by atoms with Gasteiger partial charge in [0.25, 0.3) is 5.91 Å². The fourth-order valence-corrected chi connectivity index (χ4v) is 4.87. The van der Waals surface area contributed by atoms with Gasteiger partial charge in [-0.2, -0.15) is 0 Å². The molecule has 0 saturated heterocycles. The van der Waals surface area contributed by atoms with Crippen LogP contribution >= 0.6 is 11.8 Å². The summed E-state index contributed by atoms with van der Waals surface area (Å²) in [6.45, 7) is 3.82. The lowest BCUT2D eigenvalue weighted by molar-refractivity contribution is 0.102. The van der Waals surface area contributed by atoms with Crippen molar-refractivity contribution >= 4 is 23.4 Å². The zero-order chi connectivity index (χ0) is 25.8. The van der Waals surface area contributed by atoms with E-state index in [1.54, 1.807) is 16.8 Å². The molecule has 0 radical (unpaired) electrons. The summed E-state index contributed by atoms with van der Waals surface area (Å²) in [5.41, 5.74) is 5.56. The second-order valence-electron chi connectivity index (χ2n) is 8.36. The Morgan fingerprint density at radius 3 is 2.32 bits per heavy atom. The van der Waals surface area contributed by atoms with E-state index in [4.69, 9.17) is 0 Å². The van der Waals surface area contributed by atoms with Gasteiger partial charge in [0.2, 0.25) is 0 Å². The van der Waals surface area contributed by atoms with E-state index in [-0.39, 0.29) is 11.5 Å². The number of carbonyl (C=O) groups is 1. The van der Waals surface area contributed by atoms with Gasteiger partial charge in [0.15, 0.2) is 10.9 Å². The van der Waals surface area contributed by atoms with Crippen LogP contribution in [-0.4, -0.2) is 30.9 Å². The summed E-state index contributed by atoms with van der Waals surface area (Å²) in [5.74, 6) is -0.427. The van der Waals surface area contributed by atoms with Crippen LogP contribution in [0, 0.1) is 19.7 Å². The number of hydrogen-bond donors (Lipinski definition) is 1. The predicted octanol–water partition coefficient (Wildman–Crippen LogP) is 6.02. The smallest absolute Gasteiger partial charge is 0.278 e. The maximum absolute atomic E-state index is 13.6. The van der Waals surface area contributed by atoms with Crippen molar-refractivity contribution in [1.29, 1.82) is 0 Å². The molecule has 37 heavy (non-hydrogen) atoms. The highest BCUT2D eigenvalue weighted by molar-refractivity contribution is 7.98. The molecule has 9 heteroatoms. The SMILES string of the molecule is Cc1cc(C)nc(SCc2c(C(=O)Nc3ccccc3-c3ccccc3)nnn2-c2ccc(F)cc2)n1. The maximum atomic E-state index is 13.6. The normalized spacial score (nSPS) is 10.9. The Labute approximate surface area is 217 Å². The number of rotatable bonds is 7. The molecule has 5 aromatic rings. The van der Waals surface area contributed by atoms with Gasteiger partial charge in [-0.1, -0.05) is 65.5 Å². The lowest BCUT2D eigenvalue weighted by Crippen LogP contribution is -2.16. The zero-order valence-electron chi connectivity index (χ0n) is 20.2. The van der Waals surface area contributed by atoms with Gasteiger partial charge in [-0.15, -0.1) is 5.10 Å². The van der Waals surface area contributed by atoms with Crippen LogP contribution < -0.4 is 5.32 Å². The standard InChI is InChI=1S/C28H23FN6OS/c1-18-16-19(2)31-28(30-18)37-17-25-26(33-34-35(25)22-14-12-21(29)13-15-22)27(36)32-24-11-7-6-10-23(24)20-8-4-3-5-9-20/h3-16H,17H2,1-2H3,(H,32,36). The number of aryl methyl sites for hydroxylation is 2. The zero-order valence-corrected chi connectivity index (χ0v) is 21.0. The van der Waals surface area contributed by atoms with Gasteiger partial charge in [-0.05, 0) is 55.8 Å². The molecule has 2 aromatic heterocycles. The molecule has 2 heterocycles. The highest BCUT2D eigenvalue weighted by Gasteiger charge is 2.22. The quantitative estimate of drug-likeness (QED) is 0.213. The molecule has 0 saturated carbocycles. The summed E-state index contributed by atoms with van der Waals surface area (Å²) in [4.78, 5) is 22.5. The number of thioether (sulfide) groups is 1. The van der Waals surface area contributed by atoms with Gasteiger partial charge >= 0.3 is 0 Å². The first-order valence-corrected chi connectivity index (χ1v) is 12.6. The fourth-order valence-electron chi connectivity index (χ4n) is 3.93. The van der Waals surface area contributed by atoms with Crippen LogP contribution in [0.5, 0.6) is 0 Å². The number of nitrogens with zero attached hydrogens (tertiary/aromatic N) is 5. The van der Waals surface area contributed by atoms with Crippen molar-refractivity contribution in [2.75, 3.05) is 5.32 Å². The Balaban J connectivity index is 1.49. The molecule has 184 valence electrons. The number of anilines is 1. The summed E-state index contributed by atoms with van der Waals surface area (Å²) in [5, 5.41) is 12.0. The molecule has 0 aliphatic rings. The van der Waals surface area contributed by atoms with E-state index in [9.17, 15) is 9.18 Å². The van der Waals surface area contributed by atoms with E-state index in [0.29, 0.717) is 28.0 Å². The molecule has 0 fully saturated rings. The number of para-hydroxylation sites is 1. The lowest BCUT2D eigenvalue weighted by Gasteiger charge is -2.12. The van der Waals surface area contributed by atoms with E-state index in [0.717, 1.165) is 22.5 Å². The van der Waals surface area contributed by atoms with Gasteiger partial charge in [0.1, 0.15) is 5.82 Å². The molecule has 0 aliphatic carbocycles. The highest BCUT2D eigenvalue weighted by atomic mass is 32.2. The molecular weight excluding hydrogens is 487 g/mol. The molecule has 1 N–H and O–H groups in total. The predicted molar refractivity (Wildman–Crippen MR) is 142 cm³/mol. The average molecular weight is 511 g/mol. The van der Waals surface area contributed by atoms with Crippen LogP contribution in [0.25, 0.3) is 16.8 Å². The first kappa shape index (κ1) is 24.3. The van der Waals surface area contributed by atoms with Crippen molar-refractivity contribution in [2.45, 2.75) is 24.8 Å². The summed E-state index contributed by atoms with van der Waals surface area (Å²) in [7, 11) is 0. The molecule has 0 aliphatic heterocycles. The van der Waals surface area contributed by atoms with E-state index >= 15 is 0 Å². The van der Waals surface area contributed by atoms with Gasteiger partial charge in [0.05, 0.1) is 11.4 Å². The fraction of sp³-hybridized carbons (Fsp3) is 0.107. The second kappa shape index (κ2) is 10.7. The Morgan fingerprint density at radius 2 is 1.59 bits per heavy atom. The number of halogens is 1. The average Bonchev–Trinajstić information content (AvgIpc) is 3.32. The van der Waals surface area contributed by atoms with Crippen LogP contribution in [0.3, 0.4) is 0 Å². The van der Waals surface area contributed by atoms with Crippen molar-refractivity contribution < 1.29 is 9.18 Å². The van der Waals surface area contributed by atoms with Crippen LogP contribution in [0.15, 0.2) is 90.1 Å². The number of carbonyl (C=O) groups excluding carboxylic acids is 1. The van der Waals surface area contributed by atoms with Crippen LogP contribution in [0.1, 0.15) is 27.6 Å². The third kappa shape index (κ3) is 5.57. The second-order valence-corrected chi connectivity index (χ2v) is 9.30. The van der Waals surface area contributed by atoms with Crippen molar-refractivity contribution in [1.82, 2.24) is 25.0 Å². The Kier molecular flexibility index (Phi) is 7.04. The van der Waals surface area contributed by atoms with Gasteiger partial charge in [-0.25, -0.2) is 19.0 Å². The van der Waals surface area contributed by atoms with E-state index in [2.05, 4.69) is 25.6 Å². The molecular formula is C28H23FN6OS. The summed E-state index contributed by atoms with van der Waals surface area (Å²) >= 11 is 1.38. The largest absolute Gasteiger partial charge is 0.320 e. The molecule has 0 spiro atoms. The van der Waals surface area contributed by atoms with Crippen molar-refractivity contribution in [3.8, 4) is 16.8 Å². The number of benzene rings is 3. The summed E-state index contributed by atoms with van der Waals surface area (Å²) in [6, 6.07) is 25.2. The minimum atomic E-state index is -0.395. The van der Waals surface area contributed by atoms with Crippen molar-refractivity contribution in [2.24, 2.45) is 0 Å². The Bertz CT molecular complexity index is 1530. The molecule has 3 aromatic carbocycles. The number of amides is 1. The molecule has 7 nitrogen and oxygen atoms in total. The van der Waals surface area contributed by atoms with Crippen molar-refractivity contribution in [3.63, 3.8) is 0 Å². The number of aromatic nitrogens is 5. The number of nitrogens with one attached hydrogen (secondary N) is 1. The third-order valence-electron chi connectivity index (χ3n) is 5.61. The molecule has 1 amide bonds. The first-order valence-electron chi connectivity index (χ1n) is 11.6. The molecule has 5 rings (SSSR count). The van der Waals surface area contributed by atoms with Gasteiger partial charge < -0.3 is 5.32 Å². The van der Waals surface area contributed by atoms with Crippen molar-refractivity contribution in [3.05, 3.63) is 114 Å². The molecule has 0 unspecified atom stereocenters. The highest BCUT2D eigenvalue weighted by Crippen LogP contribution is 2.29. The van der Waals surface area contributed by atoms with Gasteiger partial charge in [-0.3, -0.25) is 4.79 Å². The van der Waals surface area contributed by atoms with E-state index in [1.165, 1.54) is 23.9 Å². The Hall–Kier alpha value is -4.37. The molecule has 0 atom stereocenters. The minimum absolute atomic E-state index is 0.170. The minimum Gasteiger partial charge on any atom is -0.320 e. The van der Waals surface area contributed by atoms with E-state index in [1.807, 2.05) is 74.5 Å². The summed E-state index contributed by atoms with van der Waals surface area (Å²) in [6.07, 6.45) is 0. The first-order chi connectivity index (χ1) is 18.0. The van der Waals surface area contributed by atoms with E-state index < -0.39 is 5.91 Å². The van der Waals surface area contributed by atoms with Gasteiger partial charge in [0, 0.05) is 28.4 Å². The topological polar surface area (TPSA) is 85.6 Å². The summed E-state index contributed by atoms with van der Waals surface area (Å²) < 4.78 is 15.1. The number of hydrogen-bond acceptors (Lipinski definition) is 6. The van der Waals surface area contributed by atoms with Crippen LogP contribution in [0.2, 0.25) is 0 Å².